The van der Waals surface area contributed by atoms with E-state index in [1.54, 1.807) is 6.07 Å². The number of aromatic nitrogens is 1. The van der Waals surface area contributed by atoms with Gasteiger partial charge in [0, 0.05) is 5.56 Å². The van der Waals surface area contributed by atoms with Crippen molar-refractivity contribution in [2.75, 3.05) is 0 Å². The van der Waals surface area contributed by atoms with E-state index in [0.717, 1.165) is 15.9 Å². The summed E-state index contributed by atoms with van der Waals surface area (Å²) in [6.07, 6.45) is 0. The molecular formula is C11H6BrClFN. The molecule has 0 atom stereocenters. The molecule has 0 radical (unpaired) electrons. The van der Waals surface area contributed by atoms with Gasteiger partial charge in [-0.25, -0.2) is 9.37 Å². The standard InChI is InChI=1S/C11H6BrClFN/c12-11-3-1-2-10(15-11)8-5-4-7(14)6-9(8)13/h1-6H. The lowest BCUT2D eigenvalue weighted by Crippen LogP contribution is -1.85. The van der Waals surface area contributed by atoms with Gasteiger partial charge in [0.2, 0.25) is 0 Å². The normalized spacial score (nSPS) is 10.3. The fourth-order valence-electron chi connectivity index (χ4n) is 1.26. The molecule has 0 aliphatic heterocycles. The highest BCUT2D eigenvalue weighted by Crippen LogP contribution is 2.27. The molecule has 76 valence electrons. The largest absolute Gasteiger partial charge is 0.241 e. The molecular weight excluding hydrogens is 280 g/mol. The number of hydrogen-bond acceptors (Lipinski definition) is 1. The predicted molar refractivity (Wildman–Crippen MR) is 62.3 cm³/mol. The minimum Gasteiger partial charge on any atom is -0.241 e. The number of rotatable bonds is 1. The van der Waals surface area contributed by atoms with Crippen molar-refractivity contribution in [3.05, 3.63) is 51.8 Å². The van der Waals surface area contributed by atoms with Gasteiger partial charge in [0.1, 0.15) is 10.4 Å². The first-order chi connectivity index (χ1) is 7.16. The van der Waals surface area contributed by atoms with Crippen LogP contribution in [0.4, 0.5) is 4.39 Å². The van der Waals surface area contributed by atoms with Crippen molar-refractivity contribution in [3.8, 4) is 11.3 Å². The Balaban J connectivity index is 2.54. The van der Waals surface area contributed by atoms with Crippen molar-refractivity contribution in [1.82, 2.24) is 4.98 Å². The molecule has 1 heterocycles. The van der Waals surface area contributed by atoms with Crippen LogP contribution >= 0.6 is 27.5 Å². The molecule has 0 saturated heterocycles. The van der Waals surface area contributed by atoms with Gasteiger partial charge in [-0.3, -0.25) is 0 Å². The minimum absolute atomic E-state index is 0.348. The van der Waals surface area contributed by atoms with Crippen LogP contribution in [-0.4, -0.2) is 4.98 Å². The van der Waals surface area contributed by atoms with Gasteiger partial charge >= 0.3 is 0 Å². The van der Waals surface area contributed by atoms with Gasteiger partial charge in [-0.1, -0.05) is 17.7 Å². The average Bonchev–Trinajstić information content (AvgIpc) is 2.17. The molecule has 0 aliphatic carbocycles. The van der Waals surface area contributed by atoms with E-state index in [1.807, 2.05) is 18.2 Å². The zero-order valence-electron chi connectivity index (χ0n) is 7.55. The number of pyridine rings is 1. The van der Waals surface area contributed by atoms with E-state index < -0.39 is 0 Å². The molecule has 4 heteroatoms. The molecule has 1 nitrogen and oxygen atoms in total. The summed E-state index contributed by atoms with van der Waals surface area (Å²) in [5, 5.41) is 0.362. The lowest BCUT2D eigenvalue weighted by Gasteiger charge is -2.03. The van der Waals surface area contributed by atoms with E-state index in [0.29, 0.717) is 5.02 Å². The predicted octanol–water partition coefficient (Wildman–Crippen LogP) is 4.30. The molecule has 2 rings (SSSR count). The van der Waals surface area contributed by atoms with Gasteiger partial charge in [0.25, 0.3) is 0 Å². The van der Waals surface area contributed by atoms with Crippen LogP contribution in [0, 0.1) is 5.82 Å². The van der Waals surface area contributed by atoms with Crippen molar-refractivity contribution in [1.29, 1.82) is 0 Å². The zero-order valence-corrected chi connectivity index (χ0v) is 9.89. The summed E-state index contributed by atoms with van der Waals surface area (Å²) in [5.74, 6) is -0.348. The summed E-state index contributed by atoms with van der Waals surface area (Å²) in [5.41, 5.74) is 1.44. The van der Waals surface area contributed by atoms with Gasteiger partial charge in [0.15, 0.2) is 0 Å². The highest BCUT2D eigenvalue weighted by molar-refractivity contribution is 9.10. The third kappa shape index (κ3) is 2.36. The molecule has 0 N–H and O–H groups in total. The molecule has 15 heavy (non-hydrogen) atoms. The van der Waals surface area contributed by atoms with Crippen LogP contribution in [-0.2, 0) is 0 Å². The Morgan fingerprint density at radius 2 is 2.00 bits per heavy atom. The summed E-state index contributed by atoms with van der Waals surface area (Å²) in [7, 11) is 0. The lowest BCUT2D eigenvalue weighted by atomic mass is 10.1. The number of halogens is 3. The Labute approximate surface area is 100 Å². The minimum atomic E-state index is -0.348. The van der Waals surface area contributed by atoms with Crippen LogP contribution in [0.15, 0.2) is 41.0 Å². The Morgan fingerprint density at radius 3 is 2.67 bits per heavy atom. The van der Waals surface area contributed by atoms with Crippen LogP contribution < -0.4 is 0 Å². The quantitative estimate of drug-likeness (QED) is 0.712. The second-order valence-corrected chi connectivity index (χ2v) is 4.19. The van der Waals surface area contributed by atoms with Crippen LogP contribution in [0.2, 0.25) is 5.02 Å². The van der Waals surface area contributed by atoms with Crippen molar-refractivity contribution < 1.29 is 4.39 Å². The SMILES string of the molecule is Fc1ccc(-c2cccc(Br)n2)c(Cl)c1. The first kappa shape index (κ1) is 10.6. The van der Waals surface area contributed by atoms with Crippen LogP contribution in [0.3, 0.4) is 0 Å². The molecule has 2 aromatic rings. The maximum atomic E-state index is 12.8. The fourth-order valence-corrected chi connectivity index (χ4v) is 1.86. The molecule has 0 bridgehead atoms. The first-order valence-corrected chi connectivity index (χ1v) is 5.42. The number of hydrogen-bond donors (Lipinski definition) is 0. The van der Waals surface area contributed by atoms with Crippen molar-refractivity contribution in [3.63, 3.8) is 0 Å². The third-order valence-electron chi connectivity index (χ3n) is 1.92. The topological polar surface area (TPSA) is 12.9 Å². The Morgan fingerprint density at radius 1 is 1.20 bits per heavy atom. The molecule has 0 spiro atoms. The van der Waals surface area contributed by atoms with Gasteiger partial charge in [-0.15, -0.1) is 0 Å². The Bertz CT molecular complexity index is 502. The van der Waals surface area contributed by atoms with Gasteiger partial charge in [-0.2, -0.15) is 0 Å². The second-order valence-electron chi connectivity index (χ2n) is 2.97. The highest BCUT2D eigenvalue weighted by Gasteiger charge is 2.05. The Hall–Kier alpha value is -0.930. The third-order valence-corrected chi connectivity index (χ3v) is 2.68. The van der Waals surface area contributed by atoms with Crippen LogP contribution in [0.1, 0.15) is 0 Å². The van der Waals surface area contributed by atoms with Crippen LogP contribution in [0.25, 0.3) is 11.3 Å². The van der Waals surface area contributed by atoms with E-state index in [-0.39, 0.29) is 5.82 Å². The molecule has 0 fully saturated rings. The van der Waals surface area contributed by atoms with Crippen molar-refractivity contribution in [2.24, 2.45) is 0 Å². The van der Waals surface area contributed by atoms with Gasteiger partial charge in [0.05, 0.1) is 10.7 Å². The summed E-state index contributed by atoms with van der Waals surface area (Å²) >= 11 is 9.19. The second kappa shape index (κ2) is 4.29. The van der Waals surface area contributed by atoms with Gasteiger partial charge in [-0.05, 0) is 46.3 Å². The molecule has 0 aliphatic rings. The van der Waals surface area contributed by atoms with E-state index in [2.05, 4.69) is 20.9 Å². The number of benzene rings is 1. The van der Waals surface area contributed by atoms with Crippen molar-refractivity contribution >= 4 is 27.5 Å². The summed E-state index contributed by atoms with van der Waals surface area (Å²) < 4.78 is 13.6. The fraction of sp³-hybridized carbons (Fsp3) is 0. The zero-order chi connectivity index (χ0) is 10.8. The smallest absolute Gasteiger partial charge is 0.124 e. The van der Waals surface area contributed by atoms with E-state index >= 15 is 0 Å². The Kier molecular flexibility index (Phi) is 3.03. The average molecular weight is 287 g/mol. The molecule has 1 aromatic heterocycles. The molecule has 0 amide bonds. The van der Waals surface area contributed by atoms with E-state index in [1.165, 1.54) is 12.1 Å². The first-order valence-electron chi connectivity index (χ1n) is 4.25. The molecule has 0 unspecified atom stereocenters. The summed E-state index contributed by atoms with van der Waals surface area (Å²) in [6, 6.07) is 9.76. The molecule has 0 saturated carbocycles. The van der Waals surface area contributed by atoms with E-state index in [9.17, 15) is 4.39 Å². The lowest BCUT2D eigenvalue weighted by molar-refractivity contribution is 0.628. The van der Waals surface area contributed by atoms with Crippen molar-refractivity contribution in [2.45, 2.75) is 0 Å². The van der Waals surface area contributed by atoms with Gasteiger partial charge < -0.3 is 0 Å². The highest BCUT2D eigenvalue weighted by atomic mass is 79.9. The summed E-state index contributed by atoms with van der Waals surface area (Å²) in [6.45, 7) is 0. The monoisotopic (exact) mass is 285 g/mol. The van der Waals surface area contributed by atoms with E-state index in [4.69, 9.17) is 11.6 Å². The maximum Gasteiger partial charge on any atom is 0.124 e. The van der Waals surface area contributed by atoms with Crippen LogP contribution in [0.5, 0.6) is 0 Å². The summed E-state index contributed by atoms with van der Waals surface area (Å²) in [4.78, 5) is 4.24. The number of nitrogens with zero attached hydrogens (tertiary/aromatic N) is 1. The maximum absolute atomic E-state index is 12.8. The molecule has 1 aromatic carbocycles.